The van der Waals surface area contributed by atoms with Gasteiger partial charge in [-0.3, -0.25) is 9.59 Å². The molecule has 158 valence electrons. The van der Waals surface area contributed by atoms with Gasteiger partial charge >= 0.3 is 0 Å². The first-order valence-corrected chi connectivity index (χ1v) is 10.0. The van der Waals surface area contributed by atoms with E-state index >= 15 is 0 Å². The fourth-order valence-electron chi connectivity index (χ4n) is 3.38. The van der Waals surface area contributed by atoms with Crippen LogP contribution in [0.5, 0.6) is 11.5 Å². The molecule has 30 heavy (non-hydrogen) atoms. The molecule has 7 heteroatoms. The third-order valence-corrected chi connectivity index (χ3v) is 4.89. The van der Waals surface area contributed by atoms with Crippen molar-refractivity contribution in [2.75, 3.05) is 19.0 Å². The zero-order valence-electron chi connectivity index (χ0n) is 17.4. The lowest BCUT2D eigenvalue weighted by Gasteiger charge is -2.19. The van der Waals surface area contributed by atoms with Crippen LogP contribution in [0.1, 0.15) is 37.3 Å². The van der Waals surface area contributed by atoms with Gasteiger partial charge in [0.05, 0.1) is 13.5 Å². The van der Waals surface area contributed by atoms with E-state index in [0.717, 1.165) is 24.9 Å². The highest BCUT2D eigenvalue weighted by Crippen LogP contribution is 2.27. The summed E-state index contributed by atoms with van der Waals surface area (Å²) < 4.78 is 10.5. The number of hydrazone groups is 1. The highest BCUT2D eigenvalue weighted by atomic mass is 16.5. The van der Waals surface area contributed by atoms with Crippen molar-refractivity contribution in [1.29, 1.82) is 0 Å². The number of fused-ring (bicyclic) bond motifs is 1. The van der Waals surface area contributed by atoms with Gasteiger partial charge in [0.2, 0.25) is 5.91 Å². The molecule has 2 amide bonds. The van der Waals surface area contributed by atoms with E-state index in [0.29, 0.717) is 17.2 Å². The largest absolute Gasteiger partial charge is 0.497 e. The second kappa shape index (κ2) is 10.4. The van der Waals surface area contributed by atoms with E-state index in [1.807, 2.05) is 12.1 Å². The van der Waals surface area contributed by atoms with E-state index in [2.05, 4.69) is 21.9 Å². The molecule has 2 N–H and O–H groups in total. The van der Waals surface area contributed by atoms with Crippen molar-refractivity contribution >= 4 is 23.2 Å². The van der Waals surface area contributed by atoms with Gasteiger partial charge in [-0.2, -0.15) is 5.10 Å². The summed E-state index contributed by atoms with van der Waals surface area (Å²) >= 11 is 0. The van der Waals surface area contributed by atoms with E-state index in [9.17, 15) is 9.59 Å². The summed E-state index contributed by atoms with van der Waals surface area (Å²) in [6.07, 6.45) is 4.49. The molecule has 3 rings (SSSR count). The van der Waals surface area contributed by atoms with Crippen molar-refractivity contribution in [2.24, 2.45) is 5.10 Å². The second-order valence-corrected chi connectivity index (χ2v) is 7.22. The van der Waals surface area contributed by atoms with Gasteiger partial charge in [0.1, 0.15) is 11.5 Å². The Hall–Kier alpha value is -3.35. The average Bonchev–Trinajstić information content (AvgIpc) is 2.77. The molecule has 1 aliphatic rings. The fourth-order valence-corrected chi connectivity index (χ4v) is 3.38. The smallest absolute Gasteiger partial charge is 0.277 e. The number of benzene rings is 2. The van der Waals surface area contributed by atoms with Crippen LogP contribution in [-0.2, 0) is 22.4 Å². The Balaban J connectivity index is 1.45. The molecule has 0 spiro atoms. The molecular weight excluding hydrogens is 382 g/mol. The van der Waals surface area contributed by atoms with Crippen LogP contribution in [0.25, 0.3) is 0 Å². The van der Waals surface area contributed by atoms with Gasteiger partial charge in [-0.05, 0) is 74.1 Å². The fraction of sp³-hybridized carbons (Fsp3) is 0.348. The molecule has 2 aromatic carbocycles. The van der Waals surface area contributed by atoms with Gasteiger partial charge in [-0.1, -0.05) is 12.1 Å². The third kappa shape index (κ3) is 6.07. The van der Waals surface area contributed by atoms with Crippen LogP contribution in [0.4, 0.5) is 5.69 Å². The topological polar surface area (TPSA) is 89.0 Å². The molecule has 0 fully saturated rings. The second-order valence-electron chi connectivity index (χ2n) is 7.22. The van der Waals surface area contributed by atoms with E-state index < -0.39 is 5.91 Å². The Morgan fingerprint density at radius 1 is 1.00 bits per heavy atom. The maximum Gasteiger partial charge on any atom is 0.277 e. The molecule has 2 aromatic rings. The van der Waals surface area contributed by atoms with Crippen LogP contribution in [0.15, 0.2) is 47.6 Å². The zero-order chi connectivity index (χ0) is 21.3. The predicted molar refractivity (Wildman–Crippen MR) is 116 cm³/mol. The van der Waals surface area contributed by atoms with Crippen LogP contribution in [0.2, 0.25) is 0 Å². The van der Waals surface area contributed by atoms with Crippen LogP contribution in [0.3, 0.4) is 0 Å². The summed E-state index contributed by atoms with van der Waals surface area (Å²) in [5.41, 5.74) is 6.35. The monoisotopic (exact) mass is 409 g/mol. The molecule has 0 atom stereocenters. The molecule has 0 bridgehead atoms. The van der Waals surface area contributed by atoms with Crippen molar-refractivity contribution in [2.45, 2.75) is 39.0 Å². The lowest BCUT2D eigenvalue weighted by molar-refractivity contribution is -0.123. The Labute approximate surface area is 176 Å². The first-order valence-electron chi connectivity index (χ1n) is 10.0. The standard InChI is InChI=1S/C23H27N3O4/c1-16(25-26-23(28)15-30-19-12-10-18(29-2)11-13-19)14-22(27)24-21-9-5-7-17-6-3-4-8-20(17)21/h5,7,9-13H,3-4,6,8,14-15H2,1-2H3,(H,24,27)(H,26,28)/b25-16+. The summed E-state index contributed by atoms with van der Waals surface area (Å²) in [6.45, 7) is 1.52. The normalized spacial score (nSPS) is 13.2. The van der Waals surface area contributed by atoms with Crippen LogP contribution in [-0.4, -0.2) is 31.2 Å². The van der Waals surface area contributed by atoms with Crippen molar-refractivity contribution in [1.82, 2.24) is 5.43 Å². The van der Waals surface area contributed by atoms with Gasteiger partial charge in [-0.25, -0.2) is 5.43 Å². The summed E-state index contributed by atoms with van der Waals surface area (Å²) in [5.74, 6) is 0.709. The highest BCUT2D eigenvalue weighted by Gasteiger charge is 2.15. The number of carbonyl (C=O) groups excluding carboxylic acids is 2. The van der Waals surface area contributed by atoms with E-state index in [1.54, 1.807) is 38.3 Å². The van der Waals surface area contributed by atoms with Crippen LogP contribution in [0, 0.1) is 0 Å². The first-order chi connectivity index (χ1) is 14.5. The SMILES string of the molecule is COc1ccc(OCC(=O)N/N=C(\C)CC(=O)Nc2cccc3c2CCCC3)cc1. The van der Waals surface area contributed by atoms with Crippen molar-refractivity contribution in [3.63, 3.8) is 0 Å². The van der Waals surface area contributed by atoms with Gasteiger partial charge in [0.25, 0.3) is 5.91 Å². The number of hydrogen-bond acceptors (Lipinski definition) is 5. The lowest BCUT2D eigenvalue weighted by Crippen LogP contribution is -2.26. The Morgan fingerprint density at radius 2 is 1.73 bits per heavy atom. The maximum absolute atomic E-state index is 12.4. The number of ether oxygens (including phenoxy) is 2. The molecule has 0 aromatic heterocycles. The number of rotatable bonds is 8. The minimum absolute atomic E-state index is 0.100. The summed E-state index contributed by atoms with van der Waals surface area (Å²) in [4.78, 5) is 24.3. The third-order valence-electron chi connectivity index (χ3n) is 4.89. The molecule has 0 radical (unpaired) electrons. The maximum atomic E-state index is 12.4. The number of nitrogens with zero attached hydrogens (tertiary/aromatic N) is 1. The van der Waals surface area contributed by atoms with Crippen LogP contribution >= 0.6 is 0 Å². The molecule has 0 saturated heterocycles. The number of nitrogens with one attached hydrogen (secondary N) is 2. The van der Waals surface area contributed by atoms with E-state index in [1.165, 1.54) is 17.5 Å². The summed E-state index contributed by atoms with van der Waals surface area (Å²) in [6, 6.07) is 13.0. The number of hydrogen-bond donors (Lipinski definition) is 2. The van der Waals surface area contributed by atoms with Crippen molar-refractivity contribution in [3.8, 4) is 11.5 Å². The number of methoxy groups -OCH3 is 1. The van der Waals surface area contributed by atoms with Crippen LogP contribution < -0.4 is 20.2 Å². The van der Waals surface area contributed by atoms with Gasteiger partial charge in [0.15, 0.2) is 6.61 Å². The number of carbonyl (C=O) groups is 2. The number of aryl methyl sites for hydroxylation is 1. The van der Waals surface area contributed by atoms with Crippen molar-refractivity contribution < 1.29 is 19.1 Å². The number of anilines is 1. The molecular formula is C23H27N3O4. The molecule has 0 saturated carbocycles. The highest BCUT2D eigenvalue weighted by molar-refractivity contribution is 6.06. The Bertz CT molecular complexity index is 923. The Kier molecular flexibility index (Phi) is 7.43. The Morgan fingerprint density at radius 3 is 2.50 bits per heavy atom. The molecule has 7 nitrogen and oxygen atoms in total. The van der Waals surface area contributed by atoms with Gasteiger partial charge in [0, 0.05) is 11.4 Å². The minimum Gasteiger partial charge on any atom is -0.497 e. The van der Waals surface area contributed by atoms with Gasteiger partial charge in [-0.15, -0.1) is 0 Å². The predicted octanol–water partition coefficient (Wildman–Crippen LogP) is 3.47. The average molecular weight is 409 g/mol. The van der Waals surface area contributed by atoms with Gasteiger partial charge < -0.3 is 14.8 Å². The summed E-state index contributed by atoms with van der Waals surface area (Å²) in [5, 5.41) is 6.97. The first kappa shape index (κ1) is 21.4. The van der Waals surface area contributed by atoms with E-state index in [-0.39, 0.29) is 18.9 Å². The lowest BCUT2D eigenvalue weighted by atomic mass is 9.90. The molecule has 0 heterocycles. The zero-order valence-corrected chi connectivity index (χ0v) is 17.4. The van der Waals surface area contributed by atoms with E-state index in [4.69, 9.17) is 9.47 Å². The summed E-state index contributed by atoms with van der Waals surface area (Å²) in [7, 11) is 1.58. The molecule has 1 aliphatic carbocycles. The molecule has 0 aliphatic heterocycles. The number of amides is 2. The molecule has 0 unspecified atom stereocenters. The van der Waals surface area contributed by atoms with Crippen molar-refractivity contribution in [3.05, 3.63) is 53.6 Å². The minimum atomic E-state index is -0.400. The quantitative estimate of drug-likeness (QED) is 0.516.